The van der Waals surface area contributed by atoms with E-state index in [4.69, 9.17) is 0 Å². The van der Waals surface area contributed by atoms with E-state index in [1.54, 1.807) is 0 Å². The molecule has 3 aliphatic rings. The van der Waals surface area contributed by atoms with E-state index < -0.39 is 0 Å². The molecule has 0 aromatic carbocycles. The lowest BCUT2D eigenvalue weighted by Crippen LogP contribution is -2.23. The fourth-order valence-corrected chi connectivity index (χ4v) is 6.79. The molecule has 0 nitrogen and oxygen atoms in total. The van der Waals surface area contributed by atoms with Crippen LogP contribution in [0.3, 0.4) is 0 Å². The van der Waals surface area contributed by atoms with Crippen LogP contribution in [0.2, 0.25) is 0 Å². The zero-order valence-electron chi connectivity index (χ0n) is 19.3. The van der Waals surface area contributed by atoms with Gasteiger partial charge in [0.15, 0.2) is 0 Å². The van der Waals surface area contributed by atoms with E-state index in [2.05, 4.69) is 26.0 Å². The van der Waals surface area contributed by atoms with Gasteiger partial charge in [0.25, 0.3) is 0 Å². The van der Waals surface area contributed by atoms with Gasteiger partial charge in [0, 0.05) is 0 Å². The molecule has 0 heteroatoms. The lowest BCUT2D eigenvalue weighted by molar-refractivity contribution is 0.199. The zero-order chi connectivity index (χ0) is 19.6. The first-order chi connectivity index (χ1) is 13.8. The Morgan fingerprint density at radius 1 is 0.536 bits per heavy atom. The molecular weight excluding hydrogens is 336 g/mol. The maximum absolute atomic E-state index is 2.67. The first-order valence-corrected chi connectivity index (χ1v) is 13.5. The smallest absolute Gasteiger partial charge is 0.0205 e. The van der Waals surface area contributed by atoms with Crippen molar-refractivity contribution < 1.29 is 0 Å². The van der Waals surface area contributed by atoms with Crippen LogP contribution in [0.15, 0.2) is 12.2 Å². The van der Waals surface area contributed by atoms with Gasteiger partial charge in [-0.2, -0.15) is 0 Å². The third-order valence-corrected chi connectivity index (χ3v) is 8.82. The highest BCUT2D eigenvalue weighted by Crippen LogP contribution is 2.41. The molecule has 0 amide bonds. The molecule has 0 aromatic rings. The third-order valence-electron chi connectivity index (χ3n) is 8.82. The molecule has 2 unspecified atom stereocenters. The molecular formula is C28H50. The second-order valence-electron chi connectivity index (χ2n) is 10.9. The summed E-state index contributed by atoms with van der Waals surface area (Å²) < 4.78 is 0. The van der Waals surface area contributed by atoms with Crippen LogP contribution in [0.4, 0.5) is 0 Å². The Labute approximate surface area is 177 Å². The van der Waals surface area contributed by atoms with E-state index in [1.165, 1.54) is 116 Å². The van der Waals surface area contributed by atoms with Crippen molar-refractivity contribution in [3.05, 3.63) is 12.2 Å². The van der Waals surface area contributed by atoms with Gasteiger partial charge in [-0.3, -0.25) is 0 Å². The van der Waals surface area contributed by atoms with E-state index in [0.717, 1.165) is 35.5 Å². The van der Waals surface area contributed by atoms with Gasteiger partial charge in [-0.25, -0.2) is 0 Å². The average Bonchev–Trinajstić information content (AvgIpc) is 2.75. The Kier molecular flexibility index (Phi) is 9.96. The molecule has 0 heterocycles. The molecule has 2 atom stereocenters. The molecule has 0 aromatic heterocycles. The maximum atomic E-state index is 2.67. The number of unbranched alkanes of at least 4 members (excludes halogenated alkanes) is 2. The van der Waals surface area contributed by atoms with Crippen molar-refractivity contribution in [1.82, 2.24) is 0 Å². The standard InChI is InChI=1S/C28H50/c1-3-5-6-8-24-15-19-27(20-16-24)28-21-17-26(18-22-28)14-13-25-11-9-23(7-4-2)10-12-25/h17,21,23-28H,3-16,18-20,22H2,1-2H3. The monoisotopic (exact) mass is 386 g/mol. The van der Waals surface area contributed by atoms with Crippen LogP contribution in [-0.4, -0.2) is 0 Å². The van der Waals surface area contributed by atoms with Gasteiger partial charge in [-0.05, 0) is 74.0 Å². The quantitative estimate of drug-likeness (QED) is 0.259. The second-order valence-corrected chi connectivity index (χ2v) is 10.9. The first kappa shape index (κ1) is 22.4. The zero-order valence-corrected chi connectivity index (χ0v) is 19.3. The van der Waals surface area contributed by atoms with Gasteiger partial charge >= 0.3 is 0 Å². The highest BCUT2D eigenvalue weighted by Gasteiger charge is 2.28. The van der Waals surface area contributed by atoms with Crippen LogP contribution in [0, 0.1) is 35.5 Å². The summed E-state index contributed by atoms with van der Waals surface area (Å²) in [7, 11) is 0. The van der Waals surface area contributed by atoms with Gasteiger partial charge in [0.2, 0.25) is 0 Å². The topological polar surface area (TPSA) is 0 Å². The van der Waals surface area contributed by atoms with Crippen molar-refractivity contribution >= 4 is 0 Å². The summed E-state index contributed by atoms with van der Waals surface area (Å²) in [6, 6.07) is 0. The van der Waals surface area contributed by atoms with Gasteiger partial charge in [0.1, 0.15) is 0 Å². The molecule has 2 fully saturated rings. The van der Waals surface area contributed by atoms with Gasteiger partial charge in [-0.15, -0.1) is 0 Å². The van der Waals surface area contributed by atoms with Crippen LogP contribution in [0.1, 0.15) is 129 Å². The molecule has 162 valence electrons. The summed E-state index contributed by atoms with van der Waals surface area (Å²) in [5.74, 6) is 6.05. The molecule has 2 saturated carbocycles. The molecule has 0 aliphatic heterocycles. The SMILES string of the molecule is CCCCCC1CCC(C2C=CC(CCC3CCC(CCC)CC3)CC2)CC1. The van der Waals surface area contributed by atoms with Gasteiger partial charge in [-0.1, -0.05) is 103 Å². The Morgan fingerprint density at radius 2 is 1.18 bits per heavy atom. The maximum Gasteiger partial charge on any atom is -0.0205 e. The Balaban J connectivity index is 1.30. The summed E-state index contributed by atoms with van der Waals surface area (Å²) in [5.41, 5.74) is 0. The average molecular weight is 387 g/mol. The van der Waals surface area contributed by atoms with Crippen LogP contribution >= 0.6 is 0 Å². The van der Waals surface area contributed by atoms with Crippen LogP contribution in [0.5, 0.6) is 0 Å². The number of allylic oxidation sites excluding steroid dienone is 2. The molecule has 0 N–H and O–H groups in total. The van der Waals surface area contributed by atoms with E-state index >= 15 is 0 Å². The largest absolute Gasteiger partial charge is 0.0851 e. The lowest BCUT2D eigenvalue weighted by Gasteiger charge is -2.35. The predicted octanol–water partition coefficient (Wildman–Crippen LogP) is 9.34. The molecule has 28 heavy (non-hydrogen) atoms. The van der Waals surface area contributed by atoms with Crippen molar-refractivity contribution in [2.24, 2.45) is 35.5 Å². The summed E-state index contributed by atoms with van der Waals surface area (Å²) in [6.07, 6.45) is 32.3. The van der Waals surface area contributed by atoms with Crippen molar-refractivity contribution in [2.45, 2.75) is 129 Å². The van der Waals surface area contributed by atoms with E-state index in [0.29, 0.717) is 0 Å². The number of hydrogen-bond acceptors (Lipinski definition) is 0. The molecule has 0 saturated heterocycles. The number of hydrogen-bond donors (Lipinski definition) is 0. The minimum Gasteiger partial charge on any atom is -0.0851 e. The van der Waals surface area contributed by atoms with Crippen molar-refractivity contribution in [2.75, 3.05) is 0 Å². The Morgan fingerprint density at radius 3 is 1.79 bits per heavy atom. The van der Waals surface area contributed by atoms with Crippen LogP contribution < -0.4 is 0 Å². The minimum atomic E-state index is 0.912. The molecule has 3 aliphatic carbocycles. The van der Waals surface area contributed by atoms with Crippen molar-refractivity contribution in [3.63, 3.8) is 0 Å². The number of rotatable bonds is 10. The lowest BCUT2D eigenvalue weighted by atomic mass is 9.70. The Bertz CT molecular complexity index is 419. The van der Waals surface area contributed by atoms with Crippen LogP contribution in [-0.2, 0) is 0 Å². The molecule has 3 rings (SSSR count). The second kappa shape index (κ2) is 12.4. The highest BCUT2D eigenvalue weighted by molar-refractivity contribution is 5.01. The molecule has 0 radical (unpaired) electrons. The van der Waals surface area contributed by atoms with Crippen molar-refractivity contribution in [3.8, 4) is 0 Å². The van der Waals surface area contributed by atoms with Crippen molar-refractivity contribution in [1.29, 1.82) is 0 Å². The third kappa shape index (κ3) is 7.21. The predicted molar refractivity (Wildman–Crippen MR) is 125 cm³/mol. The summed E-state index contributed by atoms with van der Waals surface area (Å²) in [6.45, 7) is 4.69. The minimum absolute atomic E-state index is 0.912. The van der Waals surface area contributed by atoms with Crippen LogP contribution in [0.25, 0.3) is 0 Å². The van der Waals surface area contributed by atoms with Gasteiger partial charge in [0.05, 0.1) is 0 Å². The normalized spacial score (nSPS) is 36.5. The Hall–Kier alpha value is -0.260. The van der Waals surface area contributed by atoms with Gasteiger partial charge < -0.3 is 0 Å². The molecule has 0 spiro atoms. The fourth-order valence-electron chi connectivity index (χ4n) is 6.79. The summed E-state index contributed by atoms with van der Waals surface area (Å²) >= 11 is 0. The van der Waals surface area contributed by atoms with E-state index in [-0.39, 0.29) is 0 Å². The summed E-state index contributed by atoms with van der Waals surface area (Å²) in [5, 5.41) is 0. The summed E-state index contributed by atoms with van der Waals surface area (Å²) in [4.78, 5) is 0. The highest BCUT2D eigenvalue weighted by atomic mass is 14.3. The molecule has 0 bridgehead atoms. The fraction of sp³-hybridized carbons (Fsp3) is 0.929. The van der Waals surface area contributed by atoms with E-state index in [1.807, 2.05) is 0 Å². The first-order valence-electron chi connectivity index (χ1n) is 13.5. The van der Waals surface area contributed by atoms with E-state index in [9.17, 15) is 0 Å².